The third-order valence-corrected chi connectivity index (χ3v) is 3.38. The highest BCUT2D eigenvalue weighted by Gasteiger charge is 2.55. The predicted molar refractivity (Wildman–Crippen MR) is 64.4 cm³/mol. The van der Waals surface area contributed by atoms with Crippen LogP contribution in [0.2, 0.25) is 0 Å². The molecule has 104 valence electrons. The van der Waals surface area contributed by atoms with E-state index in [-0.39, 0.29) is 24.8 Å². The second kappa shape index (κ2) is 4.76. The number of hydrogen-bond donors (Lipinski definition) is 3. The van der Waals surface area contributed by atoms with Crippen LogP contribution in [0.15, 0.2) is 0 Å². The molecule has 0 unspecified atom stereocenters. The molecule has 18 heavy (non-hydrogen) atoms. The van der Waals surface area contributed by atoms with E-state index in [0.29, 0.717) is 6.42 Å². The summed E-state index contributed by atoms with van der Waals surface area (Å²) in [4.78, 5) is 23.5. The zero-order valence-corrected chi connectivity index (χ0v) is 11.0. The number of nitrogens with zero attached hydrogens (tertiary/aromatic N) is 1. The van der Waals surface area contributed by atoms with Crippen LogP contribution in [-0.2, 0) is 4.79 Å². The molecule has 6 nitrogen and oxygen atoms in total. The van der Waals surface area contributed by atoms with E-state index in [0.717, 1.165) is 4.90 Å². The quantitative estimate of drug-likeness (QED) is 0.711. The van der Waals surface area contributed by atoms with Crippen molar-refractivity contribution in [3.63, 3.8) is 0 Å². The highest BCUT2D eigenvalue weighted by atomic mass is 16.4. The Morgan fingerprint density at radius 2 is 1.89 bits per heavy atom. The number of likely N-dealkylation sites (tertiary alicyclic amines) is 1. The maximum atomic E-state index is 11.5. The molecule has 0 saturated carbocycles. The minimum absolute atomic E-state index is 0.156. The Morgan fingerprint density at radius 1 is 1.33 bits per heavy atom. The average molecular weight is 259 g/mol. The van der Waals surface area contributed by atoms with E-state index in [2.05, 4.69) is 0 Å². The summed E-state index contributed by atoms with van der Waals surface area (Å²) in [6.07, 6.45) is -1.63. The normalized spacial score (nSPS) is 26.1. The van der Waals surface area contributed by atoms with Gasteiger partial charge in [0.25, 0.3) is 0 Å². The molecule has 1 heterocycles. The standard InChI is InChI=1S/C12H21NO5/c1-11(2,3)7-8(14)12(9(15)16)5-4-6-13(12)10(17)18/h8,14H,4-7H2,1-3H3,(H,15,16)(H,17,18)/t8-,12-/m0/s1. The van der Waals surface area contributed by atoms with Crippen molar-refractivity contribution in [3.8, 4) is 0 Å². The van der Waals surface area contributed by atoms with Crippen molar-refractivity contribution in [2.45, 2.75) is 51.7 Å². The SMILES string of the molecule is CC(C)(C)C[C@H](O)[C@]1(C(=O)O)CCCN1C(=O)O. The van der Waals surface area contributed by atoms with Gasteiger partial charge in [-0.05, 0) is 24.7 Å². The van der Waals surface area contributed by atoms with Gasteiger partial charge in [0.15, 0.2) is 5.54 Å². The highest BCUT2D eigenvalue weighted by Crippen LogP contribution is 2.37. The Hall–Kier alpha value is -1.30. The molecule has 6 heteroatoms. The highest BCUT2D eigenvalue weighted by molar-refractivity contribution is 5.85. The van der Waals surface area contributed by atoms with Crippen LogP contribution in [0.25, 0.3) is 0 Å². The third-order valence-electron chi connectivity index (χ3n) is 3.38. The van der Waals surface area contributed by atoms with Crippen molar-refractivity contribution >= 4 is 12.1 Å². The number of aliphatic hydroxyl groups is 1. The van der Waals surface area contributed by atoms with Gasteiger partial charge in [-0.25, -0.2) is 9.59 Å². The van der Waals surface area contributed by atoms with Crippen LogP contribution in [-0.4, -0.2) is 50.5 Å². The molecule has 0 spiro atoms. The van der Waals surface area contributed by atoms with Crippen molar-refractivity contribution in [1.82, 2.24) is 4.90 Å². The van der Waals surface area contributed by atoms with Gasteiger partial charge in [-0.1, -0.05) is 20.8 Å². The largest absolute Gasteiger partial charge is 0.479 e. The Balaban J connectivity index is 3.07. The average Bonchev–Trinajstić information content (AvgIpc) is 2.59. The van der Waals surface area contributed by atoms with Crippen molar-refractivity contribution in [1.29, 1.82) is 0 Å². The molecule has 1 fully saturated rings. The number of aliphatic carboxylic acids is 1. The fraction of sp³-hybridized carbons (Fsp3) is 0.833. The van der Waals surface area contributed by atoms with Crippen LogP contribution in [0.1, 0.15) is 40.0 Å². The van der Waals surface area contributed by atoms with E-state index >= 15 is 0 Å². The van der Waals surface area contributed by atoms with Gasteiger partial charge in [0.05, 0.1) is 6.10 Å². The lowest BCUT2D eigenvalue weighted by atomic mass is 9.79. The van der Waals surface area contributed by atoms with E-state index in [4.69, 9.17) is 5.11 Å². The van der Waals surface area contributed by atoms with Crippen molar-refractivity contribution in [3.05, 3.63) is 0 Å². The van der Waals surface area contributed by atoms with Crippen molar-refractivity contribution in [2.75, 3.05) is 6.54 Å². The lowest BCUT2D eigenvalue weighted by Crippen LogP contribution is -2.60. The number of carboxylic acids is 1. The van der Waals surface area contributed by atoms with Gasteiger partial charge >= 0.3 is 12.1 Å². The second-order valence-corrected chi connectivity index (χ2v) is 6.05. The third kappa shape index (κ3) is 2.58. The lowest BCUT2D eigenvalue weighted by molar-refractivity contribution is -0.157. The first-order valence-electron chi connectivity index (χ1n) is 6.03. The number of carboxylic acid groups (broad SMARTS) is 2. The van der Waals surface area contributed by atoms with Crippen LogP contribution in [0, 0.1) is 5.41 Å². The zero-order chi connectivity index (χ0) is 14.1. The summed E-state index contributed by atoms with van der Waals surface area (Å²) in [7, 11) is 0. The zero-order valence-electron chi connectivity index (χ0n) is 11.0. The van der Waals surface area contributed by atoms with Crippen LogP contribution in [0.5, 0.6) is 0 Å². The molecule has 2 atom stereocenters. The number of rotatable bonds is 3. The summed E-state index contributed by atoms with van der Waals surface area (Å²) in [5.41, 5.74) is -1.96. The first-order chi connectivity index (χ1) is 8.11. The monoisotopic (exact) mass is 259 g/mol. The maximum Gasteiger partial charge on any atom is 0.408 e. The molecule has 1 aliphatic rings. The van der Waals surface area contributed by atoms with Gasteiger partial charge in [-0.15, -0.1) is 0 Å². The number of hydrogen-bond acceptors (Lipinski definition) is 3. The van der Waals surface area contributed by atoms with E-state index in [1.54, 1.807) is 0 Å². The van der Waals surface area contributed by atoms with Crippen LogP contribution >= 0.6 is 0 Å². The van der Waals surface area contributed by atoms with Gasteiger partial charge in [0.1, 0.15) is 0 Å². The second-order valence-electron chi connectivity index (χ2n) is 6.05. The molecule has 1 saturated heterocycles. The van der Waals surface area contributed by atoms with Crippen LogP contribution < -0.4 is 0 Å². The Labute approximate surface area is 106 Å². The molecule has 1 aliphatic heterocycles. The molecular weight excluding hydrogens is 238 g/mol. The molecule has 0 aromatic carbocycles. The molecule has 1 amide bonds. The molecule has 0 bridgehead atoms. The smallest absolute Gasteiger partial charge is 0.408 e. The summed E-state index contributed by atoms with van der Waals surface area (Å²) in [5, 5.41) is 28.7. The van der Waals surface area contributed by atoms with Gasteiger partial charge in [-0.3, -0.25) is 4.90 Å². The van der Waals surface area contributed by atoms with Gasteiger partial charge in [0.2, 0.25) is 0 Å². The fourth-order valence-corrected chi connectivity index (χ4v) is 2.57. The Kier molecular flexibility index (Phi) is 3.90. The van der Waals surface area contributed by atoms with Gasteiger partial charge in [0, 0.05) is 6.54 Å². The summed E-state index contributed by atoms with van der Waals surface area (Å²) in [6, 6.07) is 0. The molecule has 1 rings (SSSR count). The predicted octanol–water partition coefficient (Wildman–Crippen LogP) is 1.38. The fourth-order valence-electron chi connectivity index (χ4n) is 2.57. The summed E-state index contributed by atoms with van der Waals surface area (Å²) >= 11 is 0. The first-order valence-corrected chi connectivity index (χ1v) is 6.03. The summed E-state index contributed by atoms with van der Waals surface area (Å²) < 4.78 is 0. The maximum absolute atomic E-state index is 11.5. The Bertz CT molecular complexity index is 349. The topological polar surface area (TPSA) is 98.1 Å². The van der Waals surface area contributed by atoms with E-state index in [1.165, 1.54) is 0 Å². The molecule has 0 aromatic heterocycles. The van der Waals surface area contributed by atoms with Crippen LogP contribution in [0.4, 0.5) is 4.79 Å². The van der Waals surface area contributed by atoms with Crippen molar-refractivity contribution < 1.29 is 24.9 Å². The molecule has 0 radical (unpaired) electrons. The summed E-state index contributed by atoms with van der Waals surface area (Å²) in [5.74, 6) is -1.26. The molecule has 0 aromatic rings. The van der Waals surface area contributed by atoms with Gasteiger partial charge in [-0.2, -0.15) is 0 Å². The number of aliphatic hydroxyl groups excluding tert-OH is 1. The van der Waals surface area contributed by atoms with Crippen LogP contribution in [0.3, 0.4) is 0 Å². The molecule has 3 N–H and O–H groups in total. The first kappa shape index (κ1) is 14.8. The number of amides is 1. The number of carbonyl (C=O) groups is 2. The minimum Gasteiger partial charge on any atom is -0.479 e. The molecular formula is C12H21NO5. The van der Waals surface area contributed by atoms with E-state index in [9.17, 15) is 19.8 Å². The van der Waals surface area contributed by atoms with E-state index < -0.39 is 23.7 Å². The van der Waals surface area contributed by atoms with E-state index in [1.807, 2.05) is 20.8 Å². The lowest BCUT2D eigenvalue weighted by Gasteiger charge is -2.39. The summed E-state index contributed by atoms with van der Waals surface area (Å²) in [6.45, 7) is 5.80. The molecule has 0 aliphatic carbocycles. The van der Waals surface area contributed by atoms with Gasteiger partial charge < -0.3 is 15.3 Å². The minimum atomic E-state index is -1.70. The Morgan fingerprint density at radius 3 is 2.28 bits per heavy atom. The van der Waals surface area contributed by atoms with Crippen molar-refractivity contribution in [2.24, 2.45) is 5.41 Å².